The largest absolute Gasteiger partial charge is 0.245 e. The van der Waals surface area contributed by atoms with Crippen LogP contribution in [0.15, 0.2) is 84.9 Å². The van der Waals surface area contributed by atoms with Gasteiger partial charge in [-0.25, -0.2) is 9.97 Å². The Morgan fingerprint density at radius 3 is 1.29 bits per heavy atom. The number of rotatable bonds is 2. The van der Waals surface area contributed by atoms with Crippen LogP contribution < -0.4 is 0 Å². The minimum absolute atomic E-state index is 0.952. The lowest BCUT2D eigenvalue weighted by molar-refractivity contribution is 1.34. The maximum atomic E-state index is 5.03. The van der Waals surface area contributed by atoms with Gasteiger partial charge >= 0.3 is 0 Å². The van der Waals surface area contributed by atoms with E-state index in [-0.39, 0.29) is 0 Å². The second-order valence-corrected chi connectivity index (χ2v) is 7.23. The van der Waals surface area contributed by atoms with E-state index in [4.69, 9.17) is 9.97 Å². The van der Waals surface area contributed by atoms with Crippen molar-refractivity contribution < 1.29 is 0 Å². The van der Waals surface area contributed by atoms with E-state index in [2.05, 4.69) is 98.8 Å². The van der Waals surface area contributed by atoms with Gasteiger partial charge in [-0.05, 0) is 37.1 Å². The molecule has 0 N–H and O–H groups in total. The molecule has 0 bridgehead atoms. The molecule has 0 aliphatic rings. The zero-order valence-corrected chi connectivity index (χ0v) is 16.0. The van der Waals surface area contributed by atoms with E-state index in [0.717, 1.165) is 44.3 Å². The number of hydrogen-bond acceptors (Lipinski definition) is 2. The van der Waals surface area contributed by atoms with Gasteiger partial charge in [0.15, 0.2) is 0 Å². The summed E-state index contributed by atoms with van der Waals surface area (Å²) in [5, 5.41) is 2.22. The monoisotopic (exact) mass is 360 g/mol. The Morgan fingerprint density at radius 1 is 0.464 bits per heavy atom. The molecule has 28 heavy (non-hydrogen) atoms. The summed E-state index contributed by atoms with van der Waals surface area (Å²) in [5.74, 6) is 0. The Hall–Kier alpha value is -3.52. The lowest BCUT2D eigenvalue weighted by Crippen LogP contribution is -1.92. The van der Waals surface area contributed by atoms with Crippen molar-refractivity contribution in [1.29, 1.82) is 0 Å². The Kier molecular flexibility index (Phi) is 3.91. The van der Waals surface area contributed by atoms with Crippen LogP contribution >= 0.6 is 0 Å². The van der Waals surface area contributed by atoms with Gasteiger partial charge in [0, 0.05) is 21.9 Å². The van der Waals surface area contributed by atoms with Crippen LogP contribution in [0.5, 0.6) is 0 Å². The van der Waals surface area contributed by atoms with Crippen molar-refractivity contribution in [3.63, 3.8) is 0 Å². The molecular formula is C26H20N2. The molecule has 2 heteroatoms. The summed E-state index contributed by atoms with van der Waals surface area (Å²) < 4.78 is 0. The molecule has 2 nitrogen and oxygen atoms in total. The molecule has 0 aliphatic heterocycles. The van der Waals surface area contributed by atoms with Crippen LogP contribution in [0.25, 0.3) is 44.3 Å². The van der Waals surface area contributed by atoms with Crippen molar-refractivity contribution >= 4 is 21.8 Å². The van der Waals surface area contributed by atoms with Gasteiger partial charge in [0.1, 0.15) is 0 Å². The van der Waals surface area contributed by atoms with E-state index in [1.165, 1.54) is 11.1 Å². The van der Waals surface area contributed by atoms with Crippen molar-refractivity contribution in [2.75, 3.05) is 0 Å². The molecule has 3 aromatic carbocycles. The van der Waals surface area contributed by atoms with Gasteiger partial charge in [0.2, 0.25) is 0 Å². The molecule has 0 fully saturated rings. The van der Waals surface area contributed by atoms with E-state index in [1.807, 2.05) is 0 Å². The Balaban J connectivity index is 1.78. The van der Waals surface area contributed by atoms with Crippen LogP contribution in [-0.2, 0) is 0 Å². The SMILES string of the molecule is Cc1ccccc1-c1ccc2ccc3ccc(-c4ccccc4C)nc3c2n1. The first-order chi connectivity index (χ1) is 13.7. The van der Waals surface area contributed by atoms with Crippen molar-refractivity contribution in [1.82, 2.24) is 9.97 Å². The van der Waals surface area contributed by atoms with E-state index in [1.54, 1.807) is 0 Å². The summed E-state index contributed by atoms with van der Waals surface area (Å²) in [7, 11) is 0. The average molecular weight is 360 g/mol. The summed E-state index contributed by atoms with van der Waals surface area (Å²) in [4.78, 5) is 10.1. The molecule has 0 atom stereocenters. The van der Waals surface area contributed by atoms with Crippen LogP contribution in [0.4, 0.5) is 0 Å². The maximum absolute atomic E-state index is 5.03. The Morgan fingerprint density at radius 2 is 0.857 bits per heavy atom. The molecule has 134 valence electrons. The molecule has 0 saturated heterocycles. The van der Waals surface area contributed by atoms with Crippen LogP contribution in [0, 0.1) is 13.8 Å². The smallest absolute Gasteiger partial charge is 0.0972 e. The van der Waals surface area contributed by atoms with Crippen LogP contribution in [-0.4, -0.2) is 9.97 Å². The topological polar surface area (TPSA) is 25.8 Å². The number of aryl methyl sites for hydroxylation is 2. The molecule has 2 heterocycles. The lowest BCUT2D eigenvalue weighted by atomic mass is 10.0. The Labute approximate surface area is 164 Å². The number of fused-ring (bicyclic) bond motifs is 3. The lowest BCUT2D eigenvalue weighted by Gasteiger charge is -2.10. The molecule has 2 aromatic heterocycles. The highest BCUT2D eigenvalue weighted by atomic mass is 14.8. The van der Waals surface area contributed by atoms with Crippen molar-refractivity contribution in [2.45, 2.75) is 13.8 Å². The first-order valence-corrected chi connectivity index (χ1v) is 9.53. The highest BCUT2D eigenvalue weighted by molar-refractivity contribution is 6.04. The molecule has 0 saturated carbocycles. The number of nitrogens with zero attached hydrogens (tertiary/aromatic N) is 2. The number of benzene rings is 3. The highest BCUT2D eigenvalue weighted by Crippen LogP contribution is 2.30. The quantitative estimate of drug-likeness (QED) is 0.326. The van der Waals surface area contributed by atoms with Gasteiger partial charge in [-0.2, -0.15) is 0 Å². The molecule has 5 aromatic rings. The Bertz CT molecular complexity index is 1230. The molecule has 0 spiro atoms. The third-order valence-electron chi connectivity index (χ3n) is 5.36. The molecule has 0 aliphatic carbocycles. The van der Waals surface area contributed by atoms with Gasteiger partial charge in [-0.15, -0.1) is 0 Å². The predicted molar refractivity (Wildman–Crippen MR) is 117 cm³/mol. The van der Waals surface area contributed by atoms with E-state index in [9.17, 15) is 0 Å². The number of pyridine rings is 2. The van der Waals surface area contributed by atoms with Crippen LogP contribution in [0.2, 0.25) is 0 Å². The van der Waals surface area contributed by atoms with Gasteiger partial charge in [-0.1, -0.05) is 72.8 Å². The van der Waals surface area contributed by atoms with Gasteiger partial charge in [0.25, 0.3) is 0 Å². The van der Waals surface area contributed by atoms with E-state index < -0.39 is 0 Å². The molecule has 0 radical (unpaired) electrons. The van der Waals surface area contributed by atoms with Gasteiger partial charge in [0.05, 0.1) is 22.4 Å². The van der Waals surface area contributed by atoms with Crippen molar-refractivity contribution in [3.05, 3.63) is 96.1 Å². The molecule has 0 unspecified atom stereocenters. The summed E-state index contributed by atoms with van der Waals surface area (Å²) in [5.41, 5.74) is 8.66. The third kappa shape index (κ3) is 2.74. The minimum Gasteiger partial charge on any atom is -0.245 e. The summed E-state index contributed by atoms with van der Waals surface area (Å²) in [6, 6.07) is 29.5. The summed E-state index contributed by atoms with van der Waals surface area (Å²) >= 11 is 0. The summed E-state index contributed by atoms with van der Waals surface area (Å²) in [6.07, 6.45) is 0. The van der Waals surface area contributed by atoms with E-state index >= 15 is 0 Å². The second kappa shape index (κ2) is 6.58. The summed E-state index contributed by atoms with van der Waals surface area (Å²) in [6.45, 7) is 4.25. The zero-order chi connectivity index (χ0) is 19.1. The molecular weight excluding hydrogens is 340 g/mol. The molecule has 0 amide bonds. The average Bonchev–Trinajstić information content (AvgIpc) is 2.74. The van der Waals surface area contributed by atoms with Gasteiger partial charge in [-0.3, -0.25) is 0 Å². The van der Waals surface area contributed by atoms with Crippen molar-refractivity contribution in [3.8, 4) is 22.5 Å². The number of aromatic nitrogens is 2. The minimum atomic E-state index is 0.952. The fourth-order valence-electron chi connectivity index (χ4n) is 3.79. The van der Waals surface area contributed by atoms with Crippen LogP contribution in [0.3, 0.4) is 0 Å². The zero-order valence-electron chi connectivity index (χ0n) is 16.0. The first kappa shape index (κ1) is 16.6. The fraction of sp³-hybridized carbons (Fsp3) is 0.0769. The molecule has 5 rings (SSSR count). The van der Waals surface area contributed by atoms with Crippen molar-refractivity contribution in [2.24, 2.45) is 0 Å². The first-order valence-electron chi connectivity index (χ1n) is 9.53. The number of hydrogen-bond donors (Lipinski definition) is 0. The van der Waals surface area contributed by atoms with Gasteiger partial charge < -0.3 is 0 Å². The van der Waals surface area contributed by atoms with Crippen LogP contribution in [0.1, 0.15) is 11.1 Å². The second-order valence-electron chi connectivity index (χ2n) is 7.23. The predicted octanol–water partition coefficient (Wildman–Crippen LogP) is 6.73. The normalized spacial score (nSPS) is 11.2. The fourth-order valence-corrected chi connectivity index (χ4v) is 3.79. The third-order valence-corrected chi connectivity index (χ3v) is 5.36. The maximum Gasteiger partial charge on any atom is 0.0972 e. The highest BCUT2D eigenvalue weighted by Gasteiger charge is 2.10. The standard InChI is InChI=1S/C26H20N2/c1-17-7-3-5-9-21(17)23-15-13-19-11-12-20-14-16-24(28-26(20)25(19)27-23)22-10-6-4-8-18(22)2/h3-16H,1-2H3. The van der Waals surface area contributed by atoms with E-state index in [0.29, 0.717) is 0 Å².